The molecular weight excluding hydrogens is 919 g/mol. The van der Waals surface area contributed by atoms with Crippen molar-refractivity contribution in [1.29, 1.82) is 0 Å². The first kappa shape index (κ1) is 52.3. The number of carbonyl (C=O) groups excluding carboxylic acids is 5. The summed E-state index contributed by atoms with van der Waals surface area (Å²) in [5.41, 5.74) is 10.9. The van der Waals surface area contributed by atoms with E-state index in [1.54, 1.807) is 49.4 Å². The van der Waals surface area contributed by atoms with Gasteiger partial charge in [-0.1, -0.05) is 95.3 Å². The predicted octanol–water partition coefficient (Wildman–Crippen LogP) is 12.3. The van der Waals surface area contributed by atoms with Gasteiger partial charge in [-0.05, 0) is 152 Å². The molecule has 12 heteroatoms. The molecule has 5 aromatic rings. The quantitative estimate of drug-likeness (QED) is 0.0233. The lowest BCUT2D eigenvalue weighted by molar-refractivity contribution is -0.146. The average Bonchev–Trinajstić information content (AvgIpc) is 3.73. The van der Waals surface area contributed by atoms with Crippen LogP contribution in [0.1, 0.15) is 126 Å². The smallest absolute Gasteiger partial charge is 0.238 e. The van der Waals surface area contributed by atoms with Crippen molar-refractivity contribution < 1.29 is 42.9 Å². The second-order valence-corrected chi connectivity index (χ2v) is 19.7. The lowest BCUT2D eigenvalue weighted by Crippen LogP contribution is -2.50. The summed E-state index contributed by atoms with van der Waals surface area (Å²) in [6.45, 7) is 9.79. The third-order valence-corrected chi connectivity index (χ3v) is 14.3. The molecule has 2 aliphatic heterocycles. The SMILES string of the molecule is CCCCCCOc1ccc(-c2ccc(Oc3ccc(C(=O)/C=C/c4ccc(OCCCCCCOc5cc(C(C)CCCC)cc(N6C(=O)C7C(C6=O)C6C(=O)N(C(C)N)C(=O)C76)c5)cc4)cc3)cc2)cc1. The molecule has 5 aromatic carbocycles. The number of nitrogens with zero attached hydrogens (tertiary/aromatic N) is 2. The molecule has 12 nitrogen and oxygen atoms in total. The molecule has 3 aliphatic rings. The van der Waals surface area contributed by atoms with Gasteiger partial charge in [0.2, 0.25) is 23.6 Å². The Balaban J connectivity index is 0.741. The van der Waals surface area contributed by atoms with Crippen molar-refractivity contribution >= 4 is 41.2 Å². The van der Waals surface area contributed by atoms with Crippen LogP contribution in [0.3, 0.4) is 0 Å². The summed E-state index contributed by atoms with van der Waals surface area (Å²) in [6.07, 6.45) is 13.8. The molecule has 0 bridgehead atoms. The van der Waals surface area contributed by atoms with Crippen molar-refractivity contribution in [2.24, 2.45) is 29.4 Å². The summed E-state index contributed by atoms with van der Waals surface area (Å²) < 4.78 is 24.2. The summed E-state index contributed by atoms with van der Waals surface area (Å²) >= 11 is 0. The maximum absolute atomic E-state index is 13.8. The lowest BCUT2D eigenvalue weighted by atomic mass is 9.59. The number of hydrogen-bond acceptors (Lipinski definition) is 10. The van der Waals surface area contributed by atoms with Crippen LogP contribution in [-0.4, -0.2) is 60.3 Å². The Bertz CT molecular complexity index is 2690. The maximum atomic E-state index is 13.8. The fourth-order valence-electron chi connectivity index (χ4n) is 10.1. The number of unbranched alkanes of at least 4 members (excludes halogenated alkanes) is 7. The van der Waals surface area contributed by atoms with Crippen LogP contribution in [0.15, 0.2) is 121 Å². The van der Waals surface area contributed by atoms with E-state index in [2.05, 4.69) is 32.9 Å². The number of amides is 4. The number of likely N-dealkylation sites (tertiary alicyclic amines) is 1. The highest BCUT2D eigenvalue weighted by molar-refractivity contribution is 6.27. The van der Waals surface area contributed by atoms with E-state index in [1.165, 1.54) is 24.2 Å². The molecule has 0 aromatic heterocycles. The van der Waals surface area contributed by atoms with E-state index in [4.69, 9.17) is 24.7 Å². The highest BCUT2D eigenvalue weighted by Gasteiger charge is 2.73. The van der Waals surface area contributed by atoms with Crippen molar-refractivity contribution in [3.63, 3.8) is 0 Å². The first-order chi connectivity index (χ1) is 35.4. The zero-order valence-corrected chi connectivity index (χ0v) is 42.6. The van der Waals surface area contributed by atoms with Crippen LogP contribution in [-0.2, 0) is 19.2 Å². The van der Waals surface area contributed by atoms with Gasteiger partial charge in [-0.3, -0.25) is 28.9 Å². The van der Waals surface area contributed by atoms with E-state index in [-0.39, 0.29) is 11.7 Å². The van der Waals surface area contributed by atoms with Crippen LogP contribution in [0.5, 0.6) is 28.7 Å². The van der Waals surface area contributed by atoms with Gasteiger partial charge in [0.05, 0.1) is 55.3 Å². The summed E-state index contributed by atoms with van der Waals surface area (Å²) in [6, 6.07) is 36.5. The van der Waals surface area contributed by atoms with Gasteiger partial charge >= 0.3 is 0 Å². The van der Waals surface area contributed by atoms with Crippen molar-refractivity contribution in [3.05, 3.63) is 138 Å². The Morgan fingerprint density at radius 1 is 0.548 bits per heavy atom. The normalized spacial score (nSPS) is 18.9. The Kier molecular flexibility index (Phi) is 17.6. The van der Waals surface area contributed by atoms with E-state index in [0.717, 1.165) is 96.6 Å². The van der Waals surface area contributed by atoms with Gasteiger partial charge in [0.15, 0.2) is 5.78 Å². The summed E-state index contributed by atoms with van der Waals surface area (Å²) in [5.74, 6) is -1.62. The lowest BCUT2D eigenvalue weighted by Gasteiger charge is -2.36. The number of rotatable bonds is 27. The van der Waals surface area contributed by atoms with Crippen LogP contribution in [0.4, 0.5) is 5.69 Å². The van der Waals surface area contributed by atoms with Gasteiger partial charge in [0, 0.05) is 11.6 Å². The van der Waals surface area contributed by atoms with Crippen LogP contribution in [0.25, 0.3) is 17.2 Å². The van der Waals surface area contributed by atoms with Gasteiger partial charge in [-0.25, -0.2) is 4.90 Å². The molecule has 3 fully saturated rings. The molecule has 73 heavy (non-hydrogen) atoms. The monoisotopic (exact) mass is 988 g/mol. The zero-order valence-electron chi connectivity index (χ0n) is 42.6. The highest BCUT2D eigenvalue weighted by Crippen LogP contribution is 2.57. The molecule has 1 aliphatic carbocycles. The summed E-state index contributed by atoms with van der Waals surface area (Å²) in [5, 5.41) is 0. The van der Waals surface area contributed by atoms with Gasteiger partial charge in [-0.15, -0.1) is 0 Å². The number of carbonyl (C=O) groups is 5. The van der Waals surface area contributed by atoms with E-state index in [1.807, 2.05) is 72.8 Å². The average molecular weight is 988 g/mol. The molecule has 1 saturated carbocycles. The summed E-state index contributed by atoms with van der Waals surface area (Å²) in [7, 11) is 0. The van der Waals surface area contributed by atoms with Crippen LogP contribution < -0.4 is 29.6 Å². The number of ketones is 1. The fourth-order valence-corrected chi connectivity index (χ4v) is 10.1. The number of hydrogen-bond donors (Lipinski definition) is 1. The maximum Gasteiger partial charge on any atom is 0.238 e. The fraction of sp³-hybridized carbons (Fsp3) is 0.393. The molecule has 6 unspecified atom stereocenters. The molecule has 2 N–H and O–H groups in total. The minimum Gasteiger partial charge on any atom is -0.494 e. The minimum absolute atomic E-state index is 0.108. The standard InChI is InChI=1S/C61H69N3O9/c1-5-7-9-12-34-71-49-27-19-43(20-28-49)44-21-29-50(30-22-44)73-51-31-23-45(24-32-51)53(65)33-18-42-16-25-48(26-17-42)70-35-13-10-11-14-36-72-52-38-46(40(3)15-8-6-2)37-47(39-52)64-60(68)56-54-55(57(56)61(64)69)59(67)63(41(4)62)58(54)66/h16-33,37-41,54-57H,5-15,34-36,62H2,1-4H3/b33-18+. The largest absolute Gasteiger partial charge is 0.494 e. The number of anilines is 1. The first-order valence-corrected chi connectivity index (χ1v) is 26.3. The third-order valence-electron chi connectivity index (χ3n) is 14.3. The second kappa shape index (κ2) is 24.6. The Morgan fingerprint density at radius 3 is 1.53 bits per heavy atom. The molecule has 8 rings (SSSR count). The van der Waals surface area contributed by atoms with E-state index in [0.29, 0.717) is 41.7 Å². The van der Waals surface area contributed by atoms with Gasteiger partial charge in [-0.2, -0.15) is 0 Å². The van der Waals surface area contributed by atoms with E-state index >= 15 is 0 Å². The highest BCUT2D eigenvalue weighted by atomic mass is 16.5. The molecule has 6 atom stereocenters. The molecule has 382 valence electrons. The van der Waals surface area contributed by atoms with E-state index in [9.17, 15) is 24.0 Å². The number of benzene rings is 5. The van der Waals surface area contributed by atoms with Crippen molar-refractivity contribution in [2.75, 3.05) is 24.7 Å². The number of imide groups is 2. The number of fused-ring (bicyclic) bond motifs is 4. The second-order valence-electron chi connectivity index (χ2n) is 19.7. The number of ether oxygens (including phenoxy) is 4. The molecule has 0 spiro atoms. The number of nitrogens with two attached hydrogens (primary N) is 1. The van der Waals surface area contributed by atoms with Crippen molar-refractivity contribution in [3.8, 4) is 39.9 Å². The van der Waals surface area contributed by atoms with Crippen LogP contribution in [0.2, 0.25) is 0 Å². The van der Waals surface area contributed by atoms with E-state index < -0.39 is 53.5 Å². The Morgan fingerprint density at radius 2 is 1.01 bits per heavy atom. The van der Waals surface area contributed by atoms with Crippen LogP contribution >= 0.6 is 0 Å². The van der Waals surface area contributed by atoms with Crippen LogP contribution in [0, 0.1) is 23.7 Å². The number of allylic oxidation sites excluding steroid dienone is 1. The molecule has 4 amide bonds. The molecule has 2 saturated heterocycles. The van der Waals surface area contributed by atoms with Crippen molar-refractivity contribution in [2.45, 2.75) is 110 Å². The topological polar surface area (TPSA) is 155 Å². The Labute approximate surface area is 429 Å². The predicted molar refractivity (Wildman–Crippen MR) is 284 cm³/mol. The first-order valence-electron chi connectivity index (χ1n) is 26.3. The van der Waals surface area contributed by atoms with Gasteiger partial charge in [0.1, 0.15) is 28.7 Å². The molecular formula is C61H69N3O9. The third kappa shape index (κ3) is 12.4. The zero-order chi connectivity index (χ0) is 51.4. The molecule has 2 heterocycles. The van der Waals surface area contributed by atoms with Crippen molar-refractivity contribution in [1.82, 2.24) is 4.90 Å². The summed E-state index contributed by atoms with van der Waals surface area (Å²) in [4.78, 5) is 69.1. The van der Waals surface area contributed by atoms with Gasteiger partial charge < -0.3 is 24.7 Å². The van der Waals surface area contributed by atoms with Gasteiger partial charge in [0.25, 0.3) is 0 Å². The Hall–Kier alpha value is -7.05. The minimum atomic E-state index is -0.859. The molecule has 0 radical (unpaired) electrons.